The molecule has 1 amide bonds. The first kappa shape index (κ1) is 14.0. The summed E-state index contributed by atoms with van der Waals surface area (Å²) in [6, 6.07) is 12.7. The van der Waals surface area contributed by atoms with Gasteiger partial charge < -0.3 is 9.88 Å². The van der Waals surface area contributed by atoms with E-state index >= 15 is 0 Å². The lowest BCUT2D eigenvalue weighted by atomic mass is 10.1. The molecular weight excluding hydrogens is 291 g/mol. The highest BCUT2D eigenvalue weighted by molar-refractivity contribution is 6.10. The van der Waals surface area contributed by atoms with Crippen molar-refractivity contribution < 1.29 is 9.18 Å². The van der Waals surface area contributed by atoms with Crippen LogP contribution in [0.5, 0.6) is 0 Å². The third-order valence-corrected chi connectivity index (χ3v) is 4.66. The molecule has 0 radical (unpaired) electrons. The van der Waals surface area contributed by atoms with Crippen LogP contribution >= 0.6 is 0 Å². The summed E-state index contributed by atoms with van der Waals surface area (Å²) < 4.78 is 13.4. The van der Waals surface area contributed by atoms with Gasteiger partial charge >= 0.3 is 0 Å². The summed E-state index contributed by atoms with van der Waals surface area (Å²) in [7, 11) is 0. The molecule has 2 aromatic carbocycles. The third-order valence-electron chi connectivity index (χ3n) is 4.66. The molecule has 1 aliphatic rings. The number of nitrogens with zero attached hydrogens (tertiary/aromatic N) is 1. The summed E-state index contributed by atoms with van der Waals surface area (Å²) in [5.74, 6) is -0.366. The lowest BCUT2D eigenvalue weighted by Crippen LogP contribution is -2.36. The van der Waals surface area contributed by atoms with E-state index < -0.39 is 0 Å². The molecule has 1 aromatic heterocycles. The van der Waals surface area contributed by atoms with Gasteiger partial charge in [0.25, 0.3) is 5.91 Å². The first-order chi connectivity index (χ1) is 11.1. The van der Waals surface area contributed by atoms with Gasteiger partial charge in [0.1, 0.15) is 11.5 Å². The molecule has 0 fully saturated rings. The van der Waals surface area contributed by atoms with Gasteiger partial charge in [0, 0.05) is 22.6 Å². The van der Waals surface area contributed by atoms with Gasteiger partial charge in [-0.3, -0.25) is 4.79 Å². The SMILES string of the molecule is Cc1c(C(=O)N2c3ccccc3CC2C)[nH]c2cc(F)ccc12. The van der Waals surface area contributed by atoms with E-state index in [2.05, 4.69) is 18.0 Å². The van der Waals surface area contributed by atoms with Crippen molar-refractivity contribution in [3.63, 3.8) is 0 Å². The summed E-state index contributed by atoms with van der Waals surface area (Å²) >= 11 is 0. The fraction of sp³-hybridized carbons (Fsp3) is 0.211. The molecule has 1 unspecified atom stereocenters. The van der Waals surface area contributed by atoms with E-state index in [-0.39, 0.29) is 17.8 Å². The molecule has 0 bridgehead atoms. The van der Waals surface area contributed by atoms with Crippen molar-refractivity contribution in [2.75, 3.05) is 4.90 Å². The zero-order valence-corrected chi connectivity index (χ0v) is 13.1. The second-order valence-corrected chi connectivity index (χ2v) is 6.17. The molecule has 3 aromatic rings. The van der Waals surface area contributed by atoms with Crippen LogP contribution < -0.4 is 4.90 Å². The average Bonchev–Trinajstić information content (AvgIpc) is 3.03. The maximum absolute atomic E-state index is 13.4. The average molecular weight is 308 g/mol. The van der Waals surface area contributed by atoms with E-state index in [1.807, 2.05) is 30.0 Å². The maximum atomic E-state index is 13.4. The number of benzene rings is 2. The van der Waals surface area contributed by atoms with Crippen molar-refractivity contribution in [1.29, 1.82) is 0 Å². The number of aromatic nitrogens is 1. The highest BCUT2D eigenvalue weighted by Gasteiger charge is 2.32. The van der Waals surface area contributed by atoms with Crippen molar-refractivity contribution in [2.24, 2.45) is 0 Å². The molecule has 1 aliphatic heterocycles. The summed E-state index contributed by atoms with van der Waals surface area (Å²) in [6.45, 7) is 3.95. The van der Waals surface area contributed by atoms with Crippen LogP contribution in [0.25, 0.3) is 10.9 Å². The fourth-order valence-corrected chi connectivity index (χ4v) is 3.52. The van der Waals surface area contributed by atoms with Crippen molar-refractivity contribution in [3.05, 3.63) is 65.1 Å². The van der Waals surface area contributed by atoms with Crippen molar-refractivity contribution in [2.45, 2.75) is 26.3 Å². The molecule has 2 heterocycles. The van der Waals surface area contributed by atoms with Gasteiger partial charge in [-0.25, -0.2) is 4.39 Å². The Balaban J connectivity index is 1.82. The number of H-pyrrole nitrogens is 1. The Hall–Kier alpha value is -2.62. The highest BCUT2D eigenvalue weighted by atomic mass is 19.1. The largest absolute Gasteiger partial charge is 0.350 e. The first-order valence-corrected chi connectivity index (χ1v) is 7.75. The normalized spacial score (nSPS) is 16.8. The van der Waals surface area contributed by atoms with Crippen molar-refractivity contribution in [3.8, 4) is 0 Å². The van der Waals surface area contributed by atoms with E-state index in [9.17, 15) is 9.18 Å². The van der Waals surface area contributed by atoms with Gasteiger partial charge in [-0.05, 0) is 55.7 Å². The molecule has 0 aliphatic carbocycles. The number of anilines is 1. The molecular formula is C19H17FN2O. The molecule has 1 N–H and O–H groups in total. The van der Waals surface area contributed by atoms with Gasteiger partial charge in [0.05, 0.1) is 0 Å². The predicted octanol–water partition coefficient (Wildman–Crippen LogP) is 4.21. The Kier molecular flexibility index (Phi) is 3.01. The lowest BCUT2D eigenvalue weighted by Gasteiger charge is -2.22. The van der Waals surface area contributed by atoms with Gasteiger partial charge in [-0.1, -0.05) is 18.2 Å². The number of fused-ring (bicyclic) bond motifs is 2. The summed E-state index contributed by atoms with van der Waals surface area (Å²) in [4.78, 5) is 18.0. The van der Waals surface area contributed by atoms with E-state index in [0.29, 0.717) is 11.2 Å². The number of hydrogen-bond donors (Lipinski definition) is 1. The molecule has 0 spiro atoms. The quantitative estimate of drug-likeness (QED) is 0.718. The number of carbonyl (C=O) groups excluding carboxylic acids is 1. The summed E-state index contributed by atoms with van der Waals surface area (Å²) in [5.41, 5.74) is 4.21. The second kappa shape index (κ2) is 4.95. The lowest BCUT2D eigenvalue weighted by molar-refractivity contribution is 0.0977. The number of halogens is 1. The van der Waals surface area contributed by atoms with Crippen LogP contribution in [0, 0.1) is 12.7 Å². The van der Waals surface area contributed by atoms with E-state index in [1.54, 1.807) is 6.07 Å². The number of amides is 1. The van der Waals surface area contributed by atoms with Gasteiger partial charge in [0.15, 0.2) is 0 Å². The molecule has 4 rings (SSSR count). The third kappa shape index (κ3) is 2.05. The predicted molar refractivity (Wildman–Crippen MR) is 89.4 cm³/mol. The number of para-hydroxylation sites is 1. The Morgan fingerprint density at radius 3 is 2.87 bits per heavy atom. The number of rotatable bonds is 1. The standard InChI is InChI=1S/C19H17FN2O/c1-11-9-13-5-3-4-6-17(13)22(11)19(23)18-12(2)15-8-7-14(20)10-16(15)21-18/h3-8,10-11,21H,9H2,1-2H3. The monoisotopic (exact) mass is 308 g/mol. The molecule has 1 atom stereocenters. The Morgan fingerprint density at radius 2 is 2.04 bits per heavy atom. The first-order valence-electron chi connectivity index (χ1n) is 7.75. The smallest absolute Gasteiger partial charge is 0.275 e. The van der Waals surface area contributed by atoms with Crippen molar-refractivity contribution in [1.82, 2.24) is 4.98 Å². The van der Waals surface area contributed by atoms with Crippen molar-refractivity contribution >= 4 is 22.5 Å². The topological polar surface area (TPSA) is 36.1 Å². The van der Waals surface area contributed by atoms with Gasteiger partial charge in [-0.15, -0.1) is 0 Å². The number of aromatic amines is 1. The minimum atomic E-state index is -0.308. The van der Waals surface area contributed by atoms with Crippen LogP contribution in [-0.2, 0) is 6.42 Å². The van der Waals surface area contributed by atoms with Crippen LogP contribution in [0.3, 0.4) is 0 Å². The van der Waals surface area contributed by atoms with Crippen LogP contribution in [0.4, 0.5) is 10.1 Å². The maximum Gasteiger partial charge on any atom is 0.275 e. The Bertz CT molecular complexity index is 928. The number of hydrogen-bond acceptors (Lipinski definition) is 1. The zero-order valence-electron chi connectivity index (χ0n) is 13.1. The van der Waals surface area contributed by atoms with Crippen LogP contribution in [-0.4, -0.2) is 16.9 Å². The molecule has 0 saturated carbocycles. The molecule has 3 nitrogen and oxygen atoms in total. The zero-order chi connectivity index (χ0) is 16.1. The summed E-state index contributed by atoms with van der Waals surface area (Å²) in [6.07, 6.45) is 0.857. The highest BCUT2D eigenvalue weighted by Crippen LogP contribution is 2.34. The fourth-order valence-electron chi connectivity index (χ4n) is 3.52. The molecule has 116 valence electrons. The second-order valence-electron chi connectivity index (χ2n) is 6.17. The number of aryl methyl sites for hydroxylation is 1. The number of nitrogens with one attached hydrogen (secondary N) is 1. The van der Waals surface area contributed by atoms with E-state index in [1.165, 1.54) is 17.7 Å². The summed E-state index contributed by atoms with van der Waals surface area (Å²) in [5, 5.41) is 0.884. The van der Waals surface area contributed by atoms with Crippen LogP contribution in [0.15, 0.2) is 42.5 Å². The van der Waals surface area contributed by atoms with Gasteiger partial charge in [0.2, 0.25) is 0 Å². The van der Waals surface area contributed by atoms with Crippen LogP contribution in [0.2, 0.25) is 0 Å². The minimum Gasteiger partial charge on any atom is -0.350 e. The minimum absolute atomic E-state index is 0.0587. The molecule has 0 saturated heterocycles. The molecule has 23 heavy (non-hydrogen) atoms. The Morgan fingerprint density at radius 1 is 1.26 bits per heavy atom. The van der Waals surface area contributed by atoms with E-state index in [4.69, 9.17) is 0 Å². The molecule has 4 heteroatoms. The number of carbonyl (C=O) groups is 1. The Labute approximate surface area is 133 Å². The van der Waals surface area contributed by atoms with E-state index in [0.717, 1.165) is 23.1 Å². The van der Waals surface area contributed by atoms with Crippen LogP contribution in [0.1, 0.15) is 28.5 Å². The van der Waals surface area contributed by atoms with Gasteiger partial charge in [-0.2, -0.15) is 0 Å².